The summed E-state index contributed by atoms with van der Waals surface area (Å²) < 4.78 is 0. The molecule has 2 nitrogen and oxygen atoms in total. The fourth-order valence-corrected chi connectivity index (χ4v) is 2.28. The molecule has 0 aromatic rings. The monoisotopic (exact) mass is 229 g/mol. The van der Waals surface area contributed by atoms with Gasteiger partial charge >= 0.3 is 0 Å². The third-order valence-electron chi connectivity index (χ3n) is 3.14. The van der Waals surface area contributed by atoms with E-state index in [0.717, 1.165) is 18.8 Å². The molecule has 3 heteroatoms. The first kappa shape index (κ1) is 12.9. The summed E-state index contributed by atoms with van der Waals surface area (Å²) in [4.78, 5) is 14.0. The third-order valence-corrected chi connectivity index (χ3v) is 3.81. The standard InChI is InChI=1S/C12H23NOS/c1-4-13(8-10(2)3)11(14)7-12(9-15)5-6-12/h10,15H,4-9H2,1-3H3. The predicted molar refractivity (Wildman–Crippen MR) is 67.2 cm³/mol. The highest BCUT2D eigenvalue weighted by Gasteiger charge is 2.43. The molecule has 1 fully saturated rings. The molecule has 0 radical (unpaired) electrons. The molecule has 1 aliphatic rings. The Hall–Kier alpha value is -0.180. The maximum atomic E-state index is 12.0. The molecular weight excluding hydrogens is 206 g/mol. The van der Waals surface area contributed by atoms with Crippen LogP contribution in [0.3, 0.4) is 0 Å². The van der Waals surface area contributed by atoms with Crippen LogP contribution >= 0.6 is 12.6 Å². The van der Waals surface area contributed by atoms with Gasteiger partial charge in [-0.3, -0.25) is 4.79 Å². The Bertz CT molecular complexity index is 224. The minimum absolute atomic E-state index is 0.255. The van der Waals surface area contributed by atoms with Gasteiger partial charge in [0.1, 0.15) is 0 Å². The minimum Gasteiger partial charge on any atom is -0.343 e. The molecule has 1 rings (SSSR count). The number of thiol groups is 1. The van der Waals surface area contributed by atoms with Crippen molar-refractivity contribution in [2.24, 2.45) is 11.3 Å². The summed E-state index contributed by atoms with van der Waals surface area (Å²) in [6, 6.07) is 0. The van der Waals surface area contributed by atoms with E-state index in [-0.39, 0.29) is 5.41 Å². The molecule has 0 aromatic heterocycles. The normalized spacial score (nSPS) is 17.9. The molecule has 1 saturated carbocycles. The molecule has 0 atom stereocenters. The zero-order chi connectivity index (χ0) is 11.5. The van der Waals surface area contributed by atoms with Gasteiger partial charge in [0.05, 0.1) is 0 Å². The number of nitrogens with zero attached hydrogens (tertiary/aromatic N) is 1. The van der Waals surface area contributed by atoms with Gasteiger partial charge in [0.25, 0.3) is 0 Å². The average molecular weight is 229 g/mol. The van der Waals surface area contributed by atoms with Crippen molar-refractivity contribution in [3.63, 3.8) is 0 Å². The van der Waals surface area contributed by atoms with E-state index in [4.69, 9.17) is 0 Å². The van der Waals surface area contributed by atoms with Crippen molar-refractivity contribution in [2.75, 3.05) is 18.8 Å². The van der Waals surface area contributed by atoms with Gasteiger partial charge in [-0.15, -0.1) is 0 Å². The van der Waals surface area contributed by atoms with Gasteiger partial charge in [0.2, 0.25) is 5.91 Å². The summed E-state index contributed by atoms with van der Waals surface area (Å²) in [5.41, 5.74) is 0.255. The average Bonchev–Trinajstić information content (AvgIpc) is 2.94. The van der Waals surface area contributed by atoms with Gasteiger partial charge in [-0.2, -0.15) is 12.6 Å². The van der Waals surface area contributed by atoms with Crippen LogP contribution in [0, 0.1) is 11.3 Å². The molecule has 0 aliphatic heterocycles. The molecule has 0 N–H and O–H groups in total. The fraction of sp³-hybridized carbons (Fsp3) is 0.917. The molecule has 0 bridgehead atoms. The van der Waals surface area contributed by atoms with Crippen LogP contribution in [-0.4, -0.2) is 29.6 Å². The summed E-state index contributed by atoms with van der Waals surface area (Å²) in [5, 5.41) is 0. The first-order chi connectivity index (χ1) is 7.03. The fourth-order valence-electron chi connectivity index (χ4n) is 1.85. The Kier molecular flexibility index (Phi) is 4.50. The maximum absolute atomic E-state index is 12.0. The van der Waals surface area contributed by atoms with Crippen LogP contribution in [0.2, 0.25) is 0 Å². The van der Waals surface area contributed by atoms with E-state index in [0.29, 0.717) is 18.2 Å². The number of hydrogen-bond acceptors (Lipinski definition) is 2. The molecule has 0 spiro atoms. The molecule has 88 valence electrons. The molecule has 15 heavy (non-hydrogen) atoms. The number of carbonyl (C=O) groups is 1. The topological polar surface area (TPSA) is 20.3 Å². The predicted octanol–water partition coefficient (Wildman–Crippen LogP) is 2.59. The lowest BCUT2D eigenvalue weighted by molar-refractivity contribution is -0.132. The van der Waals surface area contributed by atoms with Crippen molar-refractivity contribution in [1.29, 1.82) is 0 Å². The number of rotatable bonds is 6. The van der Waals surface area contributed by atoms with Crippen molar-refractivity contribution in [3.8, 4) is 0 Å². The van der Waals surface area contributed by atoms with Crippen LogP contribution in [0.1, 0.15) is 40.0 Å². The maximum Gasteiger partial charge on any atom is 0.223 e. The molecule has 0 saturated heterocycles. The summed E-state index contributed by atoms with van der Waals surface area (Å²) in [7, 11) is 0. The first-order valence-electron chi connectivity index (χ1n) is 5.91. The van der Waals surface area contributed by atoms with Crippen molar-refractivity contribution in [1.82, 2.24) is 4.90 Å². The van der Waals surface area contributed by atoms with Crippen molar-refractivity contribution >= 4 is 18.5 Å². The van der Waals surface area contributed by atoms with E-state index in [9.17, 15) is 4.79 Å². The molecule has 0 unspecified atom stereocenters. The Labute approximate surface area is 98.8 Å². The van der Waals surface area contributed by atoms with E-state index in [1.165, 1.54) is 12.8 Å². The summed E-state index contributed by atoms with van der Waals surface area (Å²) >= 11 is 4.34. The van der Waals surface area contributed by atoms with Gasteiger partial charge in [-0.1, -0.05) is 13.8 Å². The zero-order valence-electron chi connectivity index (χ0n) is 10.1. The van der Waals surface area contributed by atoms with Gasteiger partial charge in [0.15, 0.2) is 0 Å². The SMILES string of the molecule is CCN(CC(C)C)C(=O)CC1(CS)CC1. The van der Waals surface area contributed by atoms with Crippen LogP contribution in [0.4, 0.5) is 0 Å². The Balaban J connectivity index is 2.43. The van der Waals surface area contributed by atoms with Gasteiger partial charge in [-0.25, -0.2) is 0 Å². The largest absolute Gasteiger partial charge is 0.343 e. The molecule has 1 aliphatic carbocycles. The zero-order valence-corrected chi connectivity index (χ0v) is 11.0. The van der Waals surface area contributed by atoms with E-state index in [1.54, 1.807) is 0 Å². The lowest BCUT2D eigenvalue weighted by Crippen LogP contribution is -2.35. The lowest BCUT2D eigenvalue weighted by atomic mass is 10.0. The second-order valence-corrected chi connectivity index (χ2v) is 5.48. The lowest BCUT2D eigenvalue weighted by Gasteiger charge is -2.25. The quantitative estimate of drug-likeness (QED) is 0.694. The van der Waals surface area contributed by atoms with Crippen LogP contribution in [0.25, 0.3) is 0 Å². The Morgan fingerprint density at radius 1 is 1.47 bits per heavy atom. The van der Waals surface area contributed by atoms with Gasteiger partial charge in [-0.05, 0) is 36.9 Å². The molecular formula is C12H23NOS. The molecule has 0 aromatic carbocycles. The second kappa shape index (κ2) is 5.24. The molecule has 0 heterocycles. The van der Waals surface area contributed by atoms with E-state index < -0.39 is 0 Å². The third kappa shape index (κ3) is 3.71. The second-order valence-electron chi connectivity index (χ2n) is 5.16. The number of carbonyl (C=O) groups excluding carboxylic acids is 1. The van der Waals surface area contributed by atoms with Crippen LogP contribution < -0.4 is 0 Å². The minimum atomic E-state index is 0.255. The summed E-state index contributed by atoms with van der Waals surface area (Å²) in [6.07, 6.45) is 3.07. The van der Waals surface area contributed by atoms with E-state index in [2.05, 4.69) is 33.4 Å². The highest BCUT2D eigenvalue weighted by Crippen LogP contribution is 2.49. The van der Waals surface area contributed by atoms with Gasteiger partial charge in [0, 0.05) is 19.5 Å². The van der Waals surface area contributed by atoms with E-state index in [1.807, 2.05) is 4.90 Å². The smallest absolute Gasteiger partial charge is 0.223 e. The van der Waals surface area contributed by atoms with Crippen molar-refractivity contribution < 1.29 is 4.79 Å². The molecule has 1 amide bonds. The highest BCUT2D eigenvalue weighted by atomic mass is 32.1. The summed E-state index contributed by atoms with van der Waals surface area (Å²) in [5.74, 6) is 1.73. The highest BCUT2D eigenvalue weighted by molar-refractivity contribution is 7.80. The Morgan fingerprint density at radius 2 is 2.07 bits per heavy atom. The van der Waals surface area contributed by atoms with Crippen LogP contribution in [0.15, 0.2) is 0 Å². The van der Waals surface area contributed by atoms with Crippen molar-refractivity contribution in [2.45, 2.75) is 40.0 Å². The van der Waals surface area contributed by atoms with E-state index >= 15 is 0 Å². The van der Waals surface area contributed by atoms with Crippen LogP contribution in [-0.2, 0) is 4.79 Å². The summed E-state index contributed by atoms with van der Waals surface area (Å²) in [6.45, 7) is 8.08. The van der Waals surface area contributed by atoms with Gasteiger partial charge < -0.3 is 4.90 Å². The number of hydrogen-bond donors (Lipinski definition) is 1. The first-order valence-corrected chi connectivity index (χ1v) is 6.55. The van der Waals surface area contributed by atoms with Crippen molar-refractivity contribution in [3.05, 3.63) is 0 Å². The van der Waals surface area contributed by atoms with Crippen LogP contribution in [0.5, 0.6) is 0 Å². The number of amides is 1. The Morgan fingerprint density at radius 3 is 2.40 bits per heavy atom.